The Labute approximate surface area is 78.6 Å². The molecule has 2 unspecified atom stereocenters. The molecule has 3 nitrogen and oxygen atoms in total. The quantitative estimate of drug-likeness (QED) is 0.578. The zero-order chi connectivity index (χ0) is 10.2. The summed E-state index contributed by atoms with van der Waals surface area (Å²) in [6.45, 7) is 5.47. The average Bonchev–Trinajstić information content (AvgIpc) is 2.05. The van der Waals surface area contributed by atoms with Gasteiger partial charge in [0.1, 0.15) is 0 Å². The molecule has 1 rings (SSSR count). The number of aliphatic hydroxyl groups is 1. The largest absolute Gasteiger partial charge is 0.391 e. The Balaban J connectivity index is 3.00. The first-order valence-corrected chi connectivity index (χ1v) is 4.50. The first-order valence-electron chi connectivity index (χ1n) is 4.50. The van der Waals surface area contributed by atoms with E-state index in [1.165, 1.54) is 0 Å². The van der Waals surface area contributed by atoms with Gasteiger partial charge in [-0.2, -0.15) is 0 Å². The number of carbonyl (C=O) groups excluding carboxylic acids is 1. The molecule has 0 radical (unpaired) electrons. The zero-order valence-electron chi connectivity index (χ0n) is 8.37. The third-order valence-corrected chi connectivity index (χ3v) is 2.66. The lowest BCUT2D eigenvalue weighted by Gasteiger charge is -2.30. The maximum atomic E-state index is 11.5. The molecule has 0 amide bonds. The van der Waals surface area contributed by atoms with Gasteiger partial charge in [0.05, 0.1) is 12.1 Å². The molecular formula is C10H17NO2. The first kappa shape index (κ1) is 10.4. The summed E-state index contributed by atoms with van der Waals surface area (Å²) >= 11 is 0. The summed E-state index contributed by atoms with van der Waals surface area (Å²) < 4.78 is 0. The average molecular weight is 183 g/mol. The van der Waals surface area contributed by atoms with E-state index in [-0.39, 0.29) is 5.78 Å². The fourth-order valence-electron chi connectivity index (χ4n) is 1.65. The summed E-state index contributed by atoms with van der Waals surface area (Å²) in [5, 5.41) is 9.80. The van der Waals surface area contributed by atoms with E-state index in [4.69, 9.17) is 5.73 Å². The van der Waals surface area contributed by atoms with E-state index >= 15 is 0 Å². The Hall–Kier alpha value is -0.670. The standard InChI is InChI=1S/C10H17NO2/c1-6-4-7(11)9(13)10(2,3)5-8(6)12/h4,7,9,13H,5,11H2,1-3H3. The van der Waals surface area contributed by atoms with Gasteiger partial charge in [-0.25, -0.2) is 0 Å². The Morgan fingerprint density at radius 1 is 1.62 bits per heavy atom. The summed E-state index contributed by atoms with van der Waals surface area (Å²) in [7, 11) is 0. The minimum absolute atomic E-state index is 0.0806. The highest BCUT2D eigenvalue weighted by atomic mass is 16.3. The minimum Gasteiger partial charge on any atom is -0.391 e. The molecule has 0 saturated heterocycles. The summed E-state index contributed by atoms with van der Waals surface area (Å²) in [5.41, 5.74) is 5.97. The Morgan fingerprint density at radius 3 is 2.69 bits per heavy atom. The van der Waals surface area contributed by atoms with Gasteiger partial charge in [0.25, 0.3) is 0 Å². The van der Waals surface area contributed by atoms with Crippen LogP contribution in [0.15, 0.2) is 11.6 Å². The smallest absolute Gasteiger partial charge is 0.158 e. The van der Waals surface area contributed by atoms with Crippen molar-refractivity contribution in [1.29, 1.82) is 0 Å². The molecule has 0 aliphatic heterocycles. The van der Waals surface area contributed by atoms with Crippen LogP contribution in [-0.2, 0) is 4.79 Å². The third-order valence-electron chi connectivity index (χ3n) is 2.66. The van der Waals surface area contributed by atoms with Crippen LogP contribution < -0.4 is 5.73 Å². The maximum Gasteiger partial charge on any atom is 0.158 e. The number of hydrogen-bond acceptors (Lipinski definition) is 3. The molecule has 0 spiro atoms. The zero-order valence-corrected chi connectivity index (χ0v) is 8.37. The summed E-state index contributed by atoms with van der Waals surface area (Å²) in [5.74, 6) is 0.0806. The molecular weight excluding hydrogens is 166 g/mol. The molecule has 1 aliphatic rings. The van der Waals surface area contributed by atoms with Crippen LogP contribution in [0.25, 0.3) is 0 Å². The van der Waals surface area contributed by atoms with Crippen molar-refractivity contribution in [3.63, 3.8) is 0 Å². The van der Waals surface area contributed by atoms with Crippen molar-refractivity contribution in [2.45, 2.75) is 39.3 Å². The monoisotopic (exact) mass is 183 g/mol. The molecule has 13 heavy (non-hydrogen) atoms. The van der Waals surface area contributed by atoms with Crippen LogP contribution in [0.5, 0.6) is 0 Å². The van der Waals surface area contributed by atoms with Crippen LogP contribution in [0.2, 0.25) is 0 Å². The predicted octanol–water partition coefficient (Wildman–Crippen LogP) is 0.620. The summed E-state index contributed by atoms with van der Waals surface area (Å²) in [6.07, 6.45) is 1.38. The summed E-state index contributed by atoms with van der Waals surface area (Å²) in [6, 6.07) is -0.429. The van der Waals surface area contributed by atoms with Gasteiger partial charge in [-0.1, -0.05) is 19.9 Å². The summed E-state index contributed by atoms with van der Waals surface area (Å²) in [4.78, 5) is 11.5. The number of rotatable bonds is 0. The highest BCUT2D eigenvalue weighted by Gasteiger charge is 2.36. The number of ketones is 1. The van der Waals surface area contributed by atoms with E-state index in [2.05, 4.69) is 0 Å². The second-order valence-corrected chi connectivity index (χ2v) is 4.46. The lowest BCUT2D eigenvalue weighted by atomic mass is 9.80. The van der Waals surface area contributed by atoms with Crippen molar-refractivity contribution in [3.8, 4) is 0 Å². The molecule has 3 heteroatoms. The second-order valence-electron chi connectivity index (χ2n) is 4.46. The SMILES string of the molecule is CC1=CC(N)C(O)C(C)(C)CC1=O. The topological polar surface area (TPSA) is 63.3 Å². The molecule has 0 fully saturated rings. The number of aliphatic hydroxyl groups excluding tert-OH is 1. The Morgan fingerprint density at radius 2 is 2.15 bits per heavy atom. The van der Waals surface area contributed by atoms with Crippen LogP contribution in [0.4, 0.5) is 0 Å². The lowest BCUT2D eigenvalue weighted by Crippen LogP contribution is -2.42. The van der Waals surface area contributed by atoms with Gasteiger partial charge in [0.15, 0.2) is 5.78 Å². The van der Waals surface area contributed by atoms with E-state index in [0.717, 1.165) is 0 Å². The fourth-order valence-corrected chi connectivity index (χ4v) is 1.65. The van der Waals surface area contributed by atoms with Gasteiger partial charge in [-0.15, -0.1) is 0 Å². The van der Waals surface area contributed by atoms with Gasteiger partial charge in [-0.05, 0) is 17.9 Å². The van der Waals surface area contributed by atoms with Crippen molar-refractivity contribution in [2.24, 2.45) is 11.1 Å². The van der Waals surface area contributed by atoms with Crippen molar-refractivity contribution in [2.75, 3.05) is 0 Å². The molecule has 0 aromatic heterocycles. The first-order chi connectivity index (χ1) is 5.84. The molecule has 3 N–H and O–H groups in total. The van der Waals surface area contributed by atoms with Gasteiger partial charge < -0.3 is 10.8 Å². The van der Waals surface area contributed by atoms with E-state index < -0.39 is 17.6 Å². The van der Waals surface area contributed by atoms with Crippen LogP contribution in [0, 0.1) is 5.41 Å². The Kier molecular flexibility index (Phi) is 2.59. The normalized spacial score (nSPS) is 33.9. The van der Waals surface area contributed by atoms with E-state index in [9.17, 15) is 9.90 Å². The number of Topliss-reactive ketones (excluding diaryl/α,β-unsaturated/α-hetero) is 1. The van der Waals surface area contributed by atoms with E-state index in [1.807, 2.05) is 13.8 Å². The van der Waals surface area contributed by atoms with Gasteiger partial charge in [0, 0.05) is 6.42 Å². The van der Waals surface area contributed by atoms with Crippen molar-refractivity contribution in [3.05, 3.63) is 11.6 Å². The number of hydrogen-bond donors (Lipinski definition) is 2. The van der Waals surface area contributed by atoms with Gasteiger partial charge >= 0.3 is 0 Å². The number of allylic oxidation sites excluding steroid dienone is 1. The van der Waals surface area contributed by atoms with Gasteiger partial charge in [-0.3, -0.25) is 4.79 Å². The third kappa shape index (κ3) is 1.98. The molecule has 1 aliphatic carbocycles. The number of nitrogens with two attached hydrogens (primary N) is 1. The molecule has 74 valence electrons. The van der Waals surface area contributed by atoms with E-state index in [0.29, 0.717) is 12.0 Å². The van der Waals surface area contributed by atoms with Crippen LogP contribution in [0.3, 0.4) is 0 Å². The number of carbonyl (C=O) groups is 1. The van der Waals surface area contributed by atoms with E-state index in [1.54, 1.807) is 13.0 Å². The van der Waals surface area contributed by atoms with Crippen molar-refractivity contribution in [1.82, 2.24) is 0 Å². The van der Waals surface area contributed by atoms with Crippen molar-refractivity contribution < 1.29 is 9.90 Å². The minimum atomic E-state index is -0.645. The van der Waals surface area contributed by atoms with Crippen LogP contribution >= 0.6 is 0 Å². The highest BCUT2D eigenvalue weighted by molar-refractivity contribution is 5.95. The van der Waals surface area contributed by atoms with Crippen LogP contribution in [-0.4, -0.2) is 23.0 Å². The molecule has 0 bridgehead atoms. The Bertz CT molecular complexity index is 256. The highest BCUT2D eigenvalue weighted by Crippen LogP contribution is 2.31. The molecule has 0 aromatic carbocycles. The van der Waals surface area contributed by atoms with Gasteiger partial charge in [0.2, 0.25) is 0 Å². The molecule has 2 atom stereocenters. The second kappa shape index (κ2) is 3.24. The molecule has 0 aromatic rings. The fraction of sp³-hybridized carbons (Fsp3) is 0.700. The lowest BCUT2D eigenvalue weighted by molar-refractivity contribution is -0.118. The molecule has 0 heterocycles. The molecule has 0 saturated carbocycles. The van der Waals surface area contributed by atoms with Crippen molar-refractivity contribution >= 4 is 5.78 Å². The predicted molar refractivity (Wildman–Crippen MR) is 51.1 cm³/mol. The maximum absolute atomic E-state index is 11.5. The van der Waals surface area contributed by atoms with Crippen LogP contribution in [0.1, 0.15) is 27.2 Å².